The van der Waals surface area contributed by atoms with Crippen molar-refractivity contribution in [2.45, 2.75) is 52.1 Å². The number of carbonyl (C=O) groups is 1. The molecule has 1 N–H and O–H groups in total. The molecule has 2 atom stereocenters. The van der Waals surface area contributed by atoms with E-state index in [4.69, 9.17) is 5.11 Å². The molecule has 1 aromatic heterocycles. The normalized spacial score (nSPS) is 21.8. The molecule has 0 spiro atoms. The van der Waals surface area contributed by atoms with Gasteiger partial charge >= 0.3 is 5.97 Å². The summed E-state index contributed by atoms with van der Waals surface area (Å²) in [5.74, 6) is -0.705. The second-order valence-corrected chi connectivity index (χ2v) is 5.52. The number of carboxylic acid groups (broad SMARTS) is 1. The van der Waals surface area contributed by atoms with E-state index in [1.165, 1.54) is 11.3 Å². The van der Waals surface area contributed by atoms with Crippen molar-refractivity contribution in [1.82, 2.24) is 14.7 Å². The lowest BCUT2D eigenvalue weighted by atomic mass is 10.0. The smallest absolute Gasteiger partial charge is 0.304 e. The second-order valence-electron chi connectivity index (χ2n) is 5.52. The van der Waals surface area contributed by atoms with Crippen molar-refractivity contribution < 1.29 is 9.90 Å². The summed E-state index contributed by atoms with van der Waals surface area (Å²) in [4.78, 5) is 13.3. The third-order valence-electron chi connectivity index (χ3n) is 4.31. The minimum Gasteiger partial charge on any atom is -0.481 e. The molecule has 2 rings (SSSR count). The van der Waals surface area contributed by atoms with Crippen molar-refractivity contribution >= 4 is 5.97 Å². The van der Waals surface area contributed by atoms with Crippen molar-refractivity contribution in [3.8, 4) is 0 Å². The fourth-order valence-corrected chi connectivity index (χ4v) is 3.35. The van der Waals surface area contributed by atoms with Gasteiger partial charge in [-0.1, -0.05) is 0 Å². The molecule has 1 fully saturated rings. The molecular formula is C14H23N3O2. The number of hydrogen-bond acceptors (Lipinski definition) is 3. The Labute approximate surface area is 114 Å². The molecule has 0 bridgehead atoms. The maximum absolute atomic E-state index is 11.0. The molecule has 5 nitrogen and oxygen atoms in total. The van der Waals surface area contributed by atoms with Crippen LogP contribution in [0.1, 0.15) is 49.2 Å². The van der Waals surface area contributed by atoms with Gasteiger partial charge in [0, 0.05) is 30.4 Å². The van der Waals surface area contributed by atoms with Gasteiger partial charge < -0.3 is 5.11 Å². The van der Waals surface area contributed by atoms with Crippen molar-refractivity contribution in [2.24, 2.45) is 7.05 Å². The van der Waals surface area contributed by atoms with Crippen LogP contribution in [0.25, 0.3) is 0 Å². The van der Waals surface area contributed by atoms with E-state index in [2.05, 4.69) is 23.8 Å². The van der Waals surface area contributed by atoms with E-state index < -0.39 is 5.97 Å². The van der Waals surface area contributed by atoms with Crippen LogP contribution < -0.4 is 0 Å². The third-order valence-corrected chi connectivity index (χ3v) is 4.31. The summed E-state index contributed by atoms with van der Waals surface area (Å²) in [6.07, 6.45) is 2.30. The SMILES string of the molecule is Cc1nn(C)c(C)c1C(C)N1CCCC1CC(=O)O. The Balaban J connectivity index is 2.23. The maximum atomic E-state index is 11.0. The average Bonchev–Trinajstić information content (AvgIpc) is 2.84. The van der Waals surface area contributed by atoms with Crippen molar-refractivity contribution in [2.75, 3.05) is 6.54 Å². The highest BCUT2D eigenvalue weighted by atomic mass is 16.4. The number of aryl methyl sites for hydroxylation is 2. The van der Waals surface area contributed by atoms with Crippen LogP contribution in [-0.4, -0.2) is 38.3 Å². The van der Waals surface area contributed by atoms with Gasteiger partial charge in [0.05, 0.1) is 12.1 Å². The van der Waals surface area contributed by atoms with E-state index in [0.29, 0.717) is 0 Å². The lowest BCUT2D eigenvalue weighted by molar-refractivity contribution is -0.138. The Bertz CT molecular complexity index is 481. The van der Waals surface area contributed by atoms with E-state index in [0.717, 1.165) is 25.1 Å². The van der Waals surface area contributed by atoms with Crippen LogP contribution in [0, 0.1) is 13.8 Å². The van der Waals surface area contributed by atoms with Crippen LogP contribution in [0.5, 0.6) is 0 Å². The zero-order valence-electron chi connectivity index (χ0n) is 12.2. The van der Waals surface area contributed by atoms with Crippen molar-refractivity contribution in [1.29, 1.82) is 0 Å². The molecule has 2 heterocycles. The number of carboxylic acids is 1. The average molecular weight is 265 g/mol. The van der Waals surface area contributed by atoms with Gasteiger partial charge in [0.15, 0.2) is 0 Å². The van der Waals surface area contributed by atoms with Gasteiger partial charge in [0.2, 0.25) is 0 Å². The van der Waals surface area contributed by atoms with Gasteiger partial charge in [0.25, 0.3) is 0 Å². The summed E-state index contributed by atoms with van der Waals surface area (Å²) in [6.45, 7) is 7.25. The Kier molecular flexibility index (Phi) is 3.94. The van der Waals surface area contributed by atoms with Crippen LogP contribution in [0.2, 0.25) is 0 Å². The Morgan fingerprint density at radius 1 is 1.53 bits per heavy atom. The zero-order valence-corrected chi connectivity index (χ0v) is 12.2. The summed E-state index contributed by atoms with van der Waals surface area (Å²) in [5.41, 5.74) is 3.47. The molecule has 2 unspecified atom stereocenters. The molecule has 0 radical (unpaired) electrons. The molecule has 1 aromatic rings. The maximum Gasteiger partial charge on any atom is 0.304 e. The molecule has 5 heteroatoms. The van der Waals surface area contributed by atoms with Crippen LogP contribution in [0.4, 0.5) is 0 Å². The number of rotatable bonds is 4. The summed E-state index contributed by atoms with van der Waals surface area (Å²) >= 11 is 0. The van der Waals surface area contributed by atoms with Crippen LogP contribution in [0.3, 0.4) is 0 Å². The van der Waals surface area contributed by atoms with Gasteiger partial charge in [-0.25, -0.2) is 0 Å². The standard InChI is InChI=1S/C14H23N3O2/c1-9-14(10(2)16(4)15-9)11(3)17-7-5-6-12(17)8-13(18)19/h11-12H,5-8H2,1-4H3,(H,18,19). The fourth-order valence-electron chi connectivity index (χ4n) is 3.35. The van der Waals surface area contributed by atoms with Crippen molar-refractivity contribution in [3.63, 3.8) is 0 Å². The van der Waals surface area contributed by atoms with Gasteiger partial charge in [-0.2, -0.15) is 5.10 Å². The molecule has 1 aliphatic heterocycles. The van der Waals surface area contributed by atoms with Gasteiger partial charge in [-0.05, 0) is 40.2 Å². The zero-order chi connectivity index (χ0) is 14.2. The molecule has 0 aromatic carbocycles. The lowest BCUT2D eigenvalue weighted by Gasteiger charge is -2.30. The minimum atomic E-state index is -0.705. The highest BCUT2D eigenvalue weighted by Gasteiger charge is 2.32. The number of aromatic nitrogens is 2. The monoisotopic (exact) mass is 265 g/mol. The Morgan fingerprint density at radius 2 is 2.21 bits per heavy atom. The molecule has 1 aliphatic rings. The van der Waals surface area contributed by atoms with E-state index in [1.54, 1.807) is 0 Å². The van der Waals surface area contributed by atoms with E-state index in [1.807, 2.05) is 18.7 Å². The van der Waals surface area contributed by atoms with Crippen LogP contribution >= 0.6 is 0 Å². The summed E-state index contributed by atoms with van der Waals surface area (Å²) < 4.78 is 1.91. The van der Waals surface area contributed by atoms with Crippen molar-refractivity contribution in [3.05, 3.63) is 17.0 Å². The molecule has 0 amide bonds. The molecule has 1 saturated heterocycles. The predicted molar refractivity (Wildman–Crippen MR) is 73.1 cm³/mol. The second kappa shape index (κ2) is 5.33. The molecule has 0 aliphatic carbocycles. The van der Waals surface area contributed by atoms with Gasteiger partial charge in [0.1, 0.15) is 0 Å². The van der Waals surface area contributed by atoms with E-state index in [-0.39, 0.29) is 18.5 Å². The highest BCUT2D eigenvalue weighted by Crippen LogP contribution is 2.33. The number of nitrogens with zero attached hydrogens (tertiary/aromatic N) is 3. The molecule has 0 saturated carbocycles. The number of hydrogen-bond donors (Lipinski definition) is 1. The highest BCUT2D eigenvalue weighted by molar-refractivity contribution is 5.67. The quantitative estimate of drug-likeness (QED) is 0.905. The largest absolute Gasteiger partial charge is 0.481 e. The summed E-state index contributed by atoms with van der Waals surface area (Å²) in [6, 6.07) is 0.395. The van der Waals surface area contributed by atoms with Gasteiger partial charge in [-0.15, -0.1) is 0 Å². The predicted octanol–water partition coefficient (Wildman–Crippen LogP) is 2.04. The third kappa shape index (κ3) is 2.66. The van der Waals surface area contributed by atoms with Crippen LogP contribution in [0.15, 0.2) is 0 Å². The summed E-state index contributed by atoms with van der Waals surface area (Å²) in [7, 11) is 1.96. The molecule has 19 heavy (non-hydrogen) atoms. The number of likely N-dealkylation sites (tertiary alicyclic amines) is 1. The molecule has 106 valence electrons. The minimum absolute atomic E-state index is 0.159. The topological polar surface area (TPSA) is 58.4 Å². The fraction of sp³-hybridized carbons (Fsp3) is 0.714. The van der Waals surface area contributed by atoms with Gasteiger partial charge in [-0.3, -0.25) is 14.4 Å². The molecular weight excluding hydrogens is 242 g/mol. The Morgan fingerprint density at radius 3 is 2.74 bits per heavy atom. The number of aliphatic carboxylic acids is 1. The first-order valence-electron chi connectivity index (χ1n) is 6.89. The first-order valence-corrected chi connectivity index (χ1v) is 6.89. The van der Waals surface area contributed by atoms with Crippen LogP contribution in [-0.2, 0) is 11.8 Å². The Hall–Kier alpha value is -1.36. The first-order chi connectivity index (χ1) is 8.91. The summed E-state index contributed by atoms with van der Waals surface area (Å²) in [5, 5.41) is 13.5. The van der Waals surface area contributed by atoms with E-state index in [9.17, 15) is 4.79 Å². The van der Waals surface area contributed by atoms with E-state index >= 15 is 0 Å². The lowest BCUT2D eigenvalue weighted by Crippen LogP contribution is -2.34. The first kappa shape index (κ1) is 14.1.